The fraction of sp³-hybridized carbons (Fsp3) is 0.227. The maximum absolute atomic E-state index is 12.1. The van der Waals surface area contributed by atoms with Crippen LogP contribution >= 0.6 is 0 Å². The van der Waals surface area contributed by atoms with Crippen molar-refractivity contribution in [3.8, 4) is 11.3 Å². The van der Waals surface area contributed by atoms with Gasteiger partial charge in [0.25, 0.3) is 0 Å². The van der Waals surface area contributed by atoms with Crippen LogP contribution in [0.25, 0.3) is 11.3 Å². The van der Waals surface area contributed by atoms with Gasteiger partial charge < -0.3 is 14.6 Å². The highest BCUT2D eigenvalue weighted by molar-refractivity contribution is 5.83. The Morgan fingerprint density at radius 2 is 1.71 bits per heavy atom. The van der Waals surface area contributed by atoms with E-state index in [1.165, 1.54) is 14.0 Å². The largest absolute Gasteiger partial charge is 0.467 e. The molecule has 3 aromatic rings. The lowest BCUT2D eigenvalue weighted by atomic mass is 10.0. The van der Waals surface area contributed by atoms with Crippen molar-refractivity contribution in [2.24, 2.45) is 0 Å². The van der Waals surface area contributed by atoms with E-state index in [2.05, 4.69) is 27.0 Å². The predicted molar refractivity (Wildman–Crippen MR) is 107 cm³/mol. The monoisotopic (exact) mass is 377 g/mol. The van der Waals surface area contributed by atoms with Crippen LogP contribution in [0.2, 0.25) is 0 Å². The van der Waals surface area contributed by atoms with E-state index >= 15 is 0 Å². The average Bonchev–Trinajstić information content (AvgIpc) is 3.10. The van der Waals surface area contributed by atoms with Gasteiger partial charge in [-0.3, -0.25) is 4.79 Å². The van der Waals surface area contributed by atoms with Crippen LogP contribution < -0.4 is 5.32 Å². The molecule has 1 aromatic heterocycles. The van der Waals surface area contributed by atoms with Crippen LogP contribution in [0.4, 0.5) is 0 Å². The zero-order valence-electron chi connectivity index (χ0n) is 16.0. The molecule has 0 fully saturated rings. The molecule has 3 rings (SSSR count). The van der Waals surface area contributed by atoms with Gasteiger partial charge in [0, 0.05) is 25.5 Å². The normalized spacial score (nSPS) is 11.6. The molecular formula is C22H23N3O3. The highest BCUT2D eigenvalue weighted by Gasteiger charge is 2.24. The van der Waals surface area contributed by atoms with E-state index < -0.39 is 12.0 Å². The Labute approximate surface area is 164 Å². The molecule has 0 spiro atoms. The summed E-state index contributed by atoms with van der Waals surface area (Å²) in [6, 6.07) is 19.2. The van der Waals surface area contributed by atoms with Crippen LogP contribution in [0, 0.1) is 0 Å². The minimum atomic E-state index is -0.787. The highest BCUT2D eigenvalue weighted by atomic mass is 16.5. The lowest BCUT2D eigenvalue weighted by Gasteiger charge is -2.16. The van der Waals surface area contributed by atoms with E-state index in [4.69, 9.17) is 4.74 Å². The number of imidazole rings is 1. The van der Waals surface area contributed by atoms with Gasteiger partial charge in [-0.15, -0.1) is 0 Å². The number of hydrogen-bond acceptors (Lipinski definition) is 4. The van der Waals surface area contributed by atoms with Gasteiger partial charge in [0.15, 0.2) is 0 Å². The van der Waals surface area contributed by atoms with Crippen molar-refractivity contribution in [2.45, 2.75) is 25.9 Å². The van der Waals surface area contributed by atoms with Crippen LogP contribution in [0.5, 0.6) is 0 Å². The van der Waals surface area contributed by atoms with Crippen molar-refractivity contribution in [3.05, 3.63) is 78.2 Å². The average molecular weight is 377 g/mol. The fourth-order valence-corrected chi connectivity index (χ4v) is 3.18. The number of ether oxygens (including phenoxy) is 1. The van der Waals surface area contributed by atoms with Gasteiger partial charge in [0.2, 0.25) is 5.91 Å². The summed E-state index contributed by atoms with van der Waals surface area (Å²) in [5.74, 6) is -0.785. The molecule has 0 aliphatic carbocycles. The number of carbonyl (C=O) groups excluding carboxylic acids is 2. The van der Waals surface area contributed by atoms with Crippen molar-refractivity contribution < 1.29 is 14.3 Å². The van der Waals surface area contributed by atoms with E-state index in [-0.39, 0.29) is 12.3 Å². The molecule has 144 valence electrons. The molecule has 0 saturated heterocycles. The third-order valence-electron chi connectivity index (χ3n) is 4.42. The van der Waals surface area contributed by atoms with Gasteiger partial charge in [-0.1, -0.05) is 60.7 Å². The second kappa shape index (κ2) is 8.99. The number of benzene rings is 2. The van der Waals surface area contributed by atoms with E-state index in [1.54, 1.807) is 6.33 Å². The Bertz CT molecular complexity index is 936. The van der Waals surface area contributed by atoms with Crippen molar-refractivity contribution in [3.63, 3.8) is 0 Å². The molecule has 0 radical (unpaired) electrons. The Morgan fingerprint density at radius 1 is 1.07 bits per heavy atom. The summed E-state index contributed by atoms with van der Waals surface area (Å²) < 4.78 is 6.90. The zero-order valence-corrected chi connectivity index (χ0v) is 16.0. The summed E-state index contributed by atoms with van der Waals surface area (Å²) in [6.07, 6.45) is 2.02. The Balaban J connectivity index is 1.98. The van der Waals surface area contributed by atoms with Crippen LogP contribution in [0.1, 0.15) is 18.2 Å². The number of methoxy groups -OCH3 is 1. The molecule has 2 aromatic carbocycles. The number of aromatic nitrogens is 2. The van der Waals surface area contributed by atoms with Crippen molar-refractivity contribution in [1.29, 1.82) is 0 Å². The third kappa shape index (κ3) is 4.65. The number of carbonyl (C=O) groups is 2. The maximum Gasteiger partial charge on any atom is 0.328 e. The Kier molecular flexibility index (Phi) is 6.22. The van der Waals surface area contributed by atoms with E-state index in [9.17, 15) is 9.59 Å². The molecule has 0 aliphatic heterocycles. The fourth-order valence-electron chi connectivity index (χ4n) is 3.18. The third-order valence-corrected chi connectivity index (χ3v) is 4.42. The lowest BCUT2D eigenvalue weighted by Crippen LogP contribution is -2.42. The molecule has 28 heavy (non-hydrogen) atoms. The van der Waals surface area contributed by atoms with Crippen molar-refractivity contribution >= 4 is 11.9 Å². The second-order valence-corrected chi connectivity index (χ2v) is 6.50. The quantitative estimate of drug-likeness (QED) is 0.643. The minimum absolute atomic E-state index is 0.248. The van der Waals surface area contributed by atoms with Crippen LogP contribution in [0.15, 0.2) is 67.0 Å². The topological polar surface area (TPSA) is 73.2 Å². The van der Waals surface area contributed by atoms with Crippen LogP contribution in [-0.4, -0.2) is 34.6 Å². The molecule has 1 N–H and O–H groups in total. The van der Waals surface area contributed by atoms with Crippen LogP contribution in [0.3, 0.4) is 0 Å². The summed E-state index contributed by atoms with van der Waals surface area (Å²) in [5, 5.41) is 2.65. The van der Waals surface area contributed by atoms with Crippen molar-refractivity contribution in [2.75, 3.05) is 7.11 Å². The molecule has 1 heterocycles. The number of esters is 1. The number of hydrogen-bond donors (Lipinski definition) is 1. The molecular weight excluding hydrogens is 354 g/mol. The van der Waals surface area contributed by atoms with E-state index in [1.807, 2.05) is 48.5 Å². The first-order valence-electron chi connectivity index (χ1n) is 9.06. The predicted octanol–water partition coefficient (Wildman–Crippen LogP) is 2.82. The molecule has 6 nitrogen and oxygen atoms in total. The minimum Gasteiger partial charge on any atom is -0.467 e. The molecule has 6 heteroatoms. The number of rotatable bonds is 7. The molecule has 1 unspecified atom stereocenters. The second-order valence-electron chi connectivity index (χ2n) is 6.50. The van der Waals surface area contributed by atoms with Crippen molar-refractivity contribution in [1.82, 2.24) is 14.9 Å². The maximum atomic E-state index is 12.1. The number of amides is 1. The smallest absolute Gasteiger partial charge is 0.328 e. The molecule has 1 atom stereocenters. The summed E-state index contributed by atoms with van der Waals surface area (Å²) >= 11 is 0. The van der Waals surface area contributed by atoms with Gasteiger partial charge in [0.1, 0.15) is 6.04 Å². The Hall–Kier alpha value is -3.41. The summed E-state index contributed by atoms with van der Waals surface area (Å²) in [6.45, 7) is 2.03. The SMILES string of the molecule is COC(=O)C(Cc1ncn(Cc2ccccc2)c1-c1ccccc1)NC(C)=O. The first-order valence-corrected chi connectivity index (χ1v) is 9.06. The number of nitrogens with one attached hydrogen (secondary N) is 1. The molecule has 0 saturated carbocycles. The van der Waals surface area contributed by atoms with Gasteiger partial charge >= 0.3 is 5.97 Å². The Morgan fingerprint density at radius 3 is 2.32 bits per heavy atom. The van der Waals surface area contributed by atoms with Gasteiger partial charge in [-0.25, -0.2) is 9.78 Å². The van der Waals surface area contributed by atoms with Gasteiger partial charge in [-0.2, -0.15) is 0 Å². The standard InChI is InChI=1S/C22H23N3O3/c1-16(26)24-20(22(27)28-2)13-19-21(18-11-7-4-8-12-18)25(15-23-19)14-17-9-5-3-6-10-17/h3-12,15,20H,13-14H2,1-2H3,(H,24,26). The lowest BCUT2D eigenvalue weighted by molar-refractivity contribution is -0.144. The van der Waals surface area contributed by atoms with E-state index in [0.717, 1.165) is 22.5 Å². The summed E-state index contributed by atoms with van der Waals surface area (Å²) in [4.78, 5) is 28.2. The molecule has 1 amide bonds. The van der Waals surface area contributed by atoms with E-state index in [0.29, 0.717) is 6.54 Å². The van der Waals surface area contributed by atoms with Crippen LogP contribution in [-0.2, 0) is 27.3 Å². The zero-order chi connectivity index (χ0) is 19.9. The molecule has 0 aliphatic rings. The first-order chi connectivity index (χ1) is 13.6. The van der Waals surface area contributed by atoms with Gasteiger partial charge in [0.05, 0.1) is 24.8 Å². The highest BCUT2D eigenvalue weighted by Crippen LogP contribution is 2.25. The van der Waals surface area contributed by atoms with Gasteiger partial charge in [-0.05, 0) is 5.56 Å². The number of nitrogens with zero attached hydrogens (tertiary/aromatic N) is 2. The first kappa shape index (κ1) is 19.4. The summed E-state index contributed by atoms with van der Waals surface area (Å²) in [7, 11) is 1.31. The summed E-state index contributed by atoms with van der Waals surface area (Å²) in [5.41, 5.74) is 3.79. The molecule has 0 bridgehead atoms.